The Morgan fingerprint density at radius 2 is 1.88 bits per heavy atom. The Balaban J connectivity index is 1.28. The number of piperidine rings is 1. The molecule has 4 rings (SSSR count). The van der Waals surface area contributed by atoms with Gasteiger partial charge in [0.1, 0.15) is 11.9 Å². The van der Waals surface area contributed by atoms with Crippen molar-refractivity contribution in [1.82, 2.24) is 10.2 Å². The molecular weight excluding hydrogens is 338 g/mol. The van der Waals surface area contributed by atoms with E-state index in [-0.39, 0.29) is 23.8 Å². The molecule has 1 amide bonds. The number of hydrogen-bond donors (Lipinski definition) is 1. The van der Waals surface area contributed by atoms with E-state index in [0.717, 1.165) is 12.5 Å². The summed E-state index contributed by atoms with van der Waals surface area (Å²) in [6, 6.07) is 3.82. The summed E-state index contributed by atoms with van der Waals surface area (Å²) < 4.78 is 32.4. The smallest absolute Gasteiger partial charge is 0.239 e. The van der Waals surface area contributed by atoms with Crippen molar-refractivity contribution in [3.05, 3.63) is 29.8 Å². The van der Waals surface area contributed by atoms with Crippen LogP contribution < -0.4 is 10.1 Å². The first kappa shape index (κ1) is 17.7. The van der Waals surface area contributed by atoms with Crippen LogP contribution in [0.2, 0.25) is 0 Å². The van der Waals surface area contributed by atoms with Gasteiger partial charge in [0, 0.05) is 38.0 Å². The number of hydrogen-bond acceptors (Lipinski definition) is 3. The second kappa shape index (κ2) is 7.51. The van der Waals surface area contributed by atoms with E-state index in [9.17, 15) is 13.6 Å². The second-order valence-electron chi connectivity index (χ2n) is 7.82. The highest BCUT2D eigenvalue weighted by Gasteiger charge is 2.40. The highest BCUT2D eigenvalue weighted by atomic mass is 19.1. The van der Waals surface area contributed by atoms with Gasteiger partial charge in [-0.2, -0.15) is 0 Å². The van der Waals surface area contributed by atoms with Crippen LogP contribution >= 0.6 is 0 Å². The fraction of sp³-hybridized carbons (Fsp3) is 0.650. The summed E-state index contributed by atoms with van der Waals surface area (Å²) in [4.78, 5) is 14.7. The Bertz CT molecular complexity index is 647. The molecule has 0 bridgehead atoms. The Labute approximate surface area is 152 Å². The molecule has 2 saturated heterocycles. The van der Waals surface area contributed by atoms with Gasteiger partial charge in [0.25, 0.3) is 0 Å². The lowest BCUT2D eigenvalue weighted by Crippen LogP contribution is -2.49. The van der Waals surface area contributed by atoms with Crippen LogP contribution in [0.5, 0.6) is 5.75 Å². The largest absolute Gasteiger partial charge is 0.487 e. The van der Waals surface area contributed by atoms with Crippen molar-refractivity contribution in [2.24, 2.45) is 5.92 Å². The zero-order valence-corrected chi connectivity index (χ0v) is 14.9. The first-order valence-corrected chi connectivity index (χ1v) is 9.76. The van der Waals surface area contributed by atoms with Crippen molar-refractivity contribution in [3.63, 3.8) is 0 Å². The normalized spacial score (nSPS) is 29.5. The first-order valence-electron chi connectivity index (χ1n) is 9.76. The van der Waals surface area contributed by atoms with Gasteiger partial charge in [-0.05, 0) is 37.3 Å². The van der Waals surface area contributed by atoms with Crippen molar-refractivity contribution < 1.29 is 18.3 Å². The zero-order chi connectivity index (χ0) is 18.1. The van der Waals surface area contributed by atoms with Crippen LogP contribution in [0, 0.1) is 17.6 Å². The Kier molecular flexibility index (Phi) is 5.11. The van der Waals surface area contributed by atoms with Crippen LogP contribution in [0.15, 0.2) is 18.2 Å². The number of carbonyl (C=O) groups excluding carboxylic acids is 1. The quantitative estimate of drug-likeness (QED) is 0.895. The number of halogens is 2. The third-order valence-electron chi connectivity index (χ3n) is 6.10. The molecule has 0 spiro atoms. The van der Waals surface area contributed by atoms with Crippen LogP contribution in [0.1, 0.15) is 44.9 Å². The number of ether oxygens (including phenoxy) is 1. The van der Waals surface area contributed by atoms with Gasteiger partial charge < -0.3 is 15.0 Å². The van der Waals surface area contributed by atoms with Gasteiger partial charge in [0.15, 0.2) is 11.6 Å². The number of amides is 1. The summed E-state index contributed by atoms with van der Waals surface area (Å²) in [6.07, 6.45) is 7.13. The van der Waals surface area contributed by atoms with E-state index >= 15 is 0 Å². The van der Waals surface area contributed by atoms with Crippen LogP contribution in [0.3, 0.4) is 0 Å². The standard InChI is InChI=1S/C20H26F2N2O2/c21-14-5-6-19(16(22)12-14)26-15-7-9-24(10-8-15)20(25)18-11-13-3-1-2-4-17(13)23-18/h5-6,12-13,15,17-18,23H,1-4,7-11H2. The van der Waals surface area contributed by atoms with Crippen LogP contribution in [-0.4, -0.2) is 42.1 Å². The lowest BCUT2D eigenvalue weighted by molar-refractivity contribution is -0.135. The van der Waals surface area contributed by atoms with E-state index in [0.29, 0.717) is 37.9 Å². The summed E-state index contributed by atoms with van der Waals surface area (Å²) in [6.45, 7) is 1.25. The number of fused-ring (bicyclic) bond motifs is 1. The van der Waals surface area contributed by atoms with E-state index in [4.69, 9.17) is 4.74 Å². The molecule has 142 valence electrons. The molecule has 2 heterocycles. The molecule has 4 nitrogen and oxygen atoms in total. The van der Waals surface area contributed by atoms with Crippen molar-refractivity contribution in [2.75, 3.05) is 13.1 Å². The van der Waals surface area contributed by atoms with E-state index in [2.05, 4.69) is 5.32 Å². The van der Waals surface area contributed by atoms with Crippen LogP contribution in [-0.2, 0) is 4.79 Å². The second-order valence-corrected chi connectivity index (χ2v) is 7.82. The van der Waals surface area contributed by atoms with Gasteiger partial charge in [0.2, 0.25) is 5.91 Å². The first-order chi connectivity index (χ1) is 12.6. The summed E-state index contributed by atoms with van der Waals surface area (Å²) in [5.41, 5.74) is 0. The van der Waals surface area contributed by atoms with Crippen LogP contribution in [0.25, 0.3) is 0 Å². The van der Waals surface area contributed by atoms with Crippen molar-refractivity contribution in [3.8, 4) is 5.75 Å². The number of nitrogens with one attached hydrogen (secondary N) is 1. The summed E-state index contributed by atoms with van der Waals surface area (Å²) in [5.74, 6) is -0.357. The molecule has 2 aliphatic heterocycles. The van der Waals surface area contributed by atoms with Crippen molar-refractivity contribution in [2.45, 2.75) is 63.1 Å². The van der Waals surface area contributed by atoms with E-state index < -0.39 is 11.6 Å². The molecule has 1 aliphatic carbocycles. The number of carbonyl (C=O) groups is 1. The molecular formula is C20H26F2N2O2. The molecule has 0 aromatic heterocycles. The maximum absolute atomic E-state index is 13.7. The Hall–Kier alpha value is -1.69. The summed E-state index contributed by atoms with van der Waals surface area (Å²) in [5, 5.41) is 3.55. The lowest BCUT2D eigenvalue weighted by Gasteiger charge is -2.33. The average molecular weight is 364 g/mol. The molecule has 3 fully saturated rings. The van der Waals surface area contributed by atoms with Gasteiger partial charge in [-0.3, -0.25) is 4.79 Å². The highest BCUT2D eigenvalue weighted by Crippen LogP contribution is 2.34. The maximum Gasteiger partial charge on any atom is 0.239 e. The molecule has 3 unspecified atom stereocenters. The fourth-order valence-electron chi connectivity index (χ4n) is 4.68. The minimum atomic E-state index is -0.679. The van der Waals surface area contributed by atoms with Crippen LogP contribution in [0.4, 0.5) is 8.78 Å². The average Bonchev–Trinajstić information content (AvgIpc) is 3.08. The molecule has 1 saturated carbocycles. The van der Waals surface area contributed by atoms with Crippen molar-refractivity contribution in [1.29, 1.82) is 0 Å². The predicted molar refractivity (Wildman–Crippen MR) is 93.9 cm³/mol. The maximum atomic E-state index is 13.7. The highest BCUT2D eigenvalue weighted by molar-refractivity contribution is 5.82. The summed E-state index contributed by atoms with van der Waals surface area (Å²) >= 11 is 0. The molecule has 26 heavy (non-hydrogen) atoms. The van der Waals surface area contributed by atoms with E-state index in [1.165, 1.54) is 37.8 Å². The molecule has 6 heteroatoms. The lowest BCUT2D eigenvalue weighted by atomic mass is 9.85. The van der Waals surface area contributed by atoms with E-state index in [1.54, 1.807) is 0 Å². The fourth-order valence-corrected chi connectivity index (χ4v) is 4.68. The molecule has 0 radical (unpaired) electrons. The van der Waals surface area contributed by atoms with Gasteiger partial charge >= 0.3 is 0 Å². The zero-order valence-electron chi connectivity index (χ0n) is 14.9. The number of likely N-dealkylation sites (tertiary alicyclic amines) is 1. The summed E-state index contributed by atoms with van der Waals surface area (Å²) in [7, 11) is 0. The number of benzene rings is 1. The molecule has 1 aromatic rings. The van der Waals surface area contributed by atoms with E-state index in [1.807, 2.05) is 4.90 Å². The Morgan fingerprint density at radius 1 is 1.12 bits per heavy atom. The number of rotatable bonds is 3. The van der Waals surface area contributed by atoms with Gasteiger partial charge in [0.05, 0.1) is 6.04 Å². The third kappa shape index (κ3) is 3.70. The molecule has 1 N–H and O–H groups in total. The monoisotopic (exact) mass is 364 g/mol. The molecule has 1 aromatic carbocycles. The minimum Gasteiger partial charge on any atom is -0.487 e. The third-order valence-corrected chi connectivity index (χ3v) is 6.10. The topological polar surface area (TPSA) is 41.6 Å². The number of nitrogens with zero attached hydrogens (tertiary/aromatic N) is 1. The Morgan fingerprint density at radius 3 is 2.62 bits per heavy atom. The van der Waals surface area contributed by atoms with Crippen molar-refractivity contribution >= 4 is 5.91 Å². The van der Waals surface area contributed by atoms with Gasteiger partial charge in [-0.25, -0.2) is 8.78 Å². The molecule has 3 atom stereocenters. The SMILES string of the molecule is O=C(C1CC2CCCCC2N1)N1CCC(Oc2ccc(F)cc2F)CC1. The predicted octanol–water partition coefficient (Wildman–Crippen LogP) is 3.26. The molecule has 3 aliphatic rings. The van der Waals surface area contributed by atoms with Gasteiger partial charge in [-0.1, -0.05) is 12.8 Å². The van der Waals surface area contributed by atoms with Gasteiger partial charge in [-0.15, -0.1) is 0 Å². The minimum absolute atomic E-state index is 0.0462.